The number of fused-ring (bicyclic) bond motifs is 1. The Bertz CT molecular complexity index is 859. The van der Waals surface area contributed by atoms with Crippen LogP contribution in [0.2, 0.25) is 0 Å². The van der Waals surface area contributed by atoms with Gasteiger partial charge in [0.15, 0.2) is 5.96 Å². The van der Waals surface area contributed by atoms with Crippen LogP contribution in [0.15, 0.2) is 47.6 Å². The van der Waals surface area contributed by atoms with Gasteiger partial charge in [-0.05, 0) is 42.8 Å². The summed E-state index contributed by atoms with van der Waals surface area (Å²) >= 11 is 0. The number of nitrogens with zero attached hydrogens (tertiary/aromatic N) is 4. The quantitative estimate of drug-likeness (QED) is 0.314. The summed E-state index contributed by atoms with van der Waals surface area (Å²) in [4.78, 5) is 14.2. The molecule has 1 atom stereocenters. The second-order valence-electron chi connectivity index (χ2n) is 8.07. The molecule has 0 bridgehead atoms. The Kier molecular flexibility index (Phi) is 9.40. The average molecular weight is 550 g/mol. The van der Waals surface area contributed by atoms with Gasteiger partial charge in [0.2, 0.25) is 0 Å². The lowest BCUT2D eigenvalue weighted by Crippen LogP contribution is -2.46. The number of ether oxygens (including phenoxy) is 1. The van der Waals surface area contributed by atoms with Gasteiger partial charge in [-0.3, -0.25) is 0 Å². The lowest BCUT2D eigenvalue weighted by molar-refractivity contribution is 0.235. The molecule has 2 N–H and O–H groups in total. The highest BCUT2D eigenvalue weighted by molar-refractivity contribution is 14.0. The Morgan fingerprint density at radius 1 is 1.12 bits per heavy atom. The fourth-order valence-corrected chi connectivity index (χ4v) is 4.12. The minimum atomic E-state index is 0. The molecule has 1 unspecified atom stereocenters. The molecule has 1 aromatic heterocycles. The van der Waals surface area contributed by atoms with E-state index >= 15 is 0 Å². The topological polar surface area (TPSA) is 65.0 Å². The Morgan fingerprint density at radius 3 is 2.69 bits per heavy atom. The van der Waals surface area contributed by atoms with Crippen molar-refractivity contribution < 1.29 is 4.74 Å². The van der Waals surface area contributed by atoms with Crippen molar-refractivity contribution in [3.05, 3.63) is 53.7 Å². The third-order valence-electron chi connectivity index (χ3n) is 5.93. The second-order valence-corrected chi connectivity index (χ2v) is 8.07. The molecule has 0 aliphatic carbocycles. The van der Waals surface area contributed by atoms with Crippen molar-refractivity contribution in [3.63, 3.8) is 0 Å². The Balaban J connectivity index is 0.00000289. The largest absolute Gasteiger partial charge is 0.488 e. The van der Waals surface area contributed by atoms with Crippen molar-refractivity contribution in [1.29, 1.82) is 0 Å². The van der Waals surface area contributed by atoms with Crippen LogP contribution in [0.25, 0.3) is 0 Å². The molecule has 1 saturated heterocycles. The van der Waals surface area contributed by atoms with E-state index in [1.807, 2.05) is 18.3 Å². The van der Waals surface area contributed by atoms with E-state index in [-0.39, 0.29) is 30.1 Å². The smallest absolute Gasteiger partial charge is 0.191 e. The van der Waals surface area contributed by atoms with E-state index in [1.54, 1.807) is 0 Å². The summed E-state index contributed by atoms with van der Waals surface area (Å²) < 4.78 is 6.03. The van der Waals surface area contributed by atoms with E-state index in [0.717, 1.165) is 69.8 Å². The molecule has 7 nitrogen and oxygen atoms in total. The van der Waals surface area contributed by atoms with E-state index in [1.165, 1.54) is 11.1 Å². The number of aromatic nitrogens is 1. The van der Waals surface area contributed by atoms with Crippen LogP contribution in [0.1, 0.15) is 25.0 Å². The first-order valence-corrected chi connectivity index (χ1v) is 11.4. The number of benzene rings is 1. The van der Waals surface area contributed by atoms with Crippen LogP contribution in [0.4, 0.5) is 5.82 Å². The van der Waals surface area contributed by atoms with Crippen molar-refractivity contribution in [3.8, 4) is 5.75 Å². The molecule has 0 amide bonds. The van der Waals surface area contributed by atoms with Gasteiger partial charge >= 0.3 is 0 Å². The lowest BCUT2D eigenvalue weighted by atomic mass is 10.1. The minimum absolute atomic E-state index is 0. The van der Waals surface area contributed by atoms with Crippen molar-refractivity contribution in [2.75, 3.05) is 50.7 Å². The number of piperazine rings is 1. The van der Waals surface area contributed by atoms with Crippen molar-refractivity contribution >= 4 is 35.8 Å². The normalized spacial score (nSPS) is 18.5. The molecule has 174 valence electrons. The van der Waals surface area contributed by atoms with Crippen LogP contribution in [0.5, 0.6) is 5.75 Å². The van der Waals surface area contributed by atoms with Gasteiger partial charge < -0.3 is 25.2 Å². The fraction of sp³-hybridized carbons (Fsp3) is 0.500. The minimum Gasteiger partial charge on any atom is -0.488 e. The molecule has 1 fully saturated rings. The zero-order valence-electron chi connectivity index (χ0n) is 19.1. The summed E-state index contributed by atoms with van der Waals surface area (Å²) in [6.07, 6.45) is 2.97. The average Bonchev–Trinajstić information content (AvgIpc) is 3.24. The number of para-hydroxylation sites is 1. The molecule has 2 aliphatic heterocycles. The van der Waals surface area contributed by atoms with E-state index in [2.05, 4.69) is 63.5 Å². The van der Waals surface area contributed by atoms with Gasteiger partial charge in [0.25, 0.3) is 0 Å². The summed E-state index contributed by atoms with van der Waals surface area (Å²) in [6.45, 7) is 11.8. The van der Waals surface area contributed by atoms with Gasteiger partial charge in [-0.2, -0.15) is 0 Å². The molecule has 2 aromatic rings. The molecule has 0 saturated carbocycles. The SMILES string of the molecule is CCNC(=NCc1ccnc(N2CCN(CC)CC2)c1)NCC1Cc2ccccc2O1.I. The number of hydrogen-bond acceptors (Lipinski definition) is 5. The zero-order chi connectivity index (χ0) is 21.5. The second kappa shape index (κ2) is 12.2. The van der Waals surface area contributed by atoms with E-state index in [4.69, 9.17) is 9.73 Å². The molecule has 2 aliphatic rings. The third-order valence-corrected chi connectivity index (χ3v) is 5.93. The van der Waals surface area contributed by atoms with Crippen LogP contribution < -0.4 is 20.3 Å². The summed E-state index contributed by atoms with van der Waals surface area (Å²) in [6, 6.07) is 12.5. The summed E-state index contributed by atoms with van der Waals surface area (Å²) in [5, 5.41) is 6.78. The highest BCUT2D eigenvalue weighted by Gasteiger charge is 2.22. The van der Waals surface area contributed by atoms with Crippen LogP contribution in [0.3, 0.4) is 0 Å². The molecule has 0 radical (unpaired) electrons. The summed E-state index contributed by atoms with van der Waals surface area (Å²) in [5.74, 6) is 2.87. The van der Waals surface area contributed by atoms with Crippen molar-refractivity contribution in [2.45, 2.75) is 32.9 Å². The number of hydrogen-bond donors (Lipinski definition) is 2. The number of anilines is 1. The highest BCUT2D eigenvalue weighted by Crippen LogP contribution is 2.27. The molecule has 32 heavy (non-hydrogen) atoms. The van der Waals surface area contributed by atoms with Gasteiger partial charge in [-0.15, -0.1) is 24.0 Å². The lowest BCUT2D eigenvalue weighted by Gasteiger charge is -2.34. The first-order chi connectivity index (χ1) is 15.2. The number of rotatable bonds is 7. The maximum Gasteiger partial charge on any atom is 0.191 e. The van der Waals surface area contributed by atoms with Gasteiger partial charge in [-0.25, -0.2) is 9.98 Å². The molecule has 1 aromatic carbocycles. The molecule has 4 rings (SSSR count). The predicted octanol–water partition coefficient (Wildman–Crippen LogP) is 2.90. The molecular weight excluding hydrogens is 515 g/mol. The number of halogens is 1. The maximum absolute atomic E-state index is 6.03. The third kappa shape index (κ3) is 6.48. The number of guanidine groups is 1. The summed E-state index contributed by atoms with van der Waals surface area (Å²) in [7, 11) is 0. The van der Waals surface area contributed by atoms with Crippen LogP contribution >= 0.6 is 24.0 Å². The Morgan fingerprint density at radius 2 is 1.94 bits per heavy atom. The van der Waals surface area contributed by atoms with E-state index < -0.39 is 0 Å². The number of likely N-dealkylation sites (N-methyl/N-ethyl adjacent to an activating group) is 1. The molecule has 8 heteroatoms. The van der Waals surface area contributed by atoms with Gasteiger partial charge in [0, 0.05) is 45.3 Å². The number of pyridine rings is 1. The fourth-order valence-electron chi connectivity index (χ4n) is 4.12. The van der Waals surface area contributed by atoms with E-state index in [9.17, 15) is 0 Å². The van der Waals surface area contributed by atoms with Gasteiger partial charge in [-0.1, -0.05) is 25.1 Å². The first kappa shape index (κ1) is 24.6. The molecule has 3 heterocycles. The van der Waals surface area contributed by atoms with Crippen LogP contribution in [0, 0.1) is 0 Å². The van der Waals surface area contributed by atoms with Crippen molar-refractivity contribution in [1.82, 2.24) is 20.5 Å². The monoisotopic (exact) mass is 550 g/mol. The Hall–Kier alpha value is -2.07. The van der Waals surface area contributed by atoms with Gasteiger partial charge in [0.1, 0.15) is 17.7 Å². The zero-order valence-corrected chi connectivity index (χ0v) is 21.4. The van der Waals surface area contributed by atoms with Gasteiger partial charge in [0.05, 0.1) is 13.1 Å². The van der Waals surface area contributed by atoms with Crippen LogP contribution in [-0.4, -0.2) is 67.8 Å². The molecular formula is C24H35IN6O. The van der Waals surface area contributed by atoms with E-state index in [0.29, 0.717) is 6.54 Å². The Labute approximate surface area is 208 Å². The summed E-state index contributed by atoms with van der Waals surface area (Å²) in [5.41, 5.74) is 2.45. The predicted molar refractivity (Wildman–Crippen MR) is 141 cm³/mol. The van der Waals surface area contributed by atoms with Crippen LogP contribution in [-0.2, 0) is 13.0 Å². The van der Waals surface area contributed by atoms with Crippen molar-refractivity contribution in [2.24, 2.45) is 4.99 Å². The number of nitrogens with one attached hydrogen (secondary N) is 2. The highest BCUT2D eigenvalue weighted by atomic mass is 127. The maximum atomic E-state index is 6.03. The first-order valence-electron chi connectivity index (χ1n) is 11.4. The molecule has 0 spiro atoms. The number of aliphatic imine (C=N–C) groups is 1. The standard InChI is InChI=1S/C24H34N6O.HI/c1-3-25-24(28-18-21-16-20-7-5-6-8-22(20)31-21)27-17-19-9-10-26-23(15-19)30-13-11-29(4-2)12-14-30;/h5-10,15,21H,3-4,11-14,16-18H2,1-2H3,(H2,25,27,28);1H.